The van der Waals surface area contributed by atoms with Crippen LogP contribution in [0.2, 0.25) is 0 Å². The molecule has 0 saturated carbocycles. The Balaban J connectivity index is 1.69. The van der Waals surface area contributed by atoms with Gasteiger partial charge in [0.2, 0.25) is 0 Å². The molecule has 2 fully saturated rings. The maximum Gasteiger partial charge on any atom is 0.0544 e. The summed E-state index contributed by atoms with van der Waals surface area (Å²) in [6.07, 6.45) is 5.44. The minimum absolute atomic E-state index is 0.129. The second kappa shape index (κ2) is 6.03. The number of nitrogens with zero attached hydrogens (tertiary/aromatic N) is 3. The molecule has 3 heterocycles. The van der Waals surface area contributed by atoms with E-state index in [2.05, 4.69) is 40.9 Å². The normalized spacial score (nSPS) is 31.1. The third-order valence-corrected chi connectivity index (χ3v) is 5.45. The van der Waals surface area contributed by atoms with Gasteiger partial charge in [-0.2, -0.15) is 0 Å². The fraction of sp³-hybridized carbons (Fsp3) is 0.706. The number of hydrogen-bond acceptors (Lipinski definition) is 4. The van der Waals surface area contributed by atoms with Crippen LogP contribution >= 0.6 is 0 Å². The Morgan fingerprint density at radius 1 is 1.33 bits per heavy atom. The SMILES string of the molecule is Cc1ccc(CN2CC[C@@]3(CO)CCCN(C)[C@@H]3C2)nc1. The molecule has 2 aliphatic heterocycles. The number of hydrogen-bond donors (Lipinski definition) is 1. The van der Waals surface area contributed by atoms with E-state index in [0.717, 1.165) is 38.3 Å². The number of pyridine rings is 1. The predicted octanol–water partition coefficient (Wildman–Crippen LogP) is 1.67. The van der Waals surface area contributed by atoms with Crippen molar-refractivity contribution in [2.75, 3.05) is 33.3 Å². The molecule has 21 heavy (non-hydrogen) atoms. The van der Waals surface area contributed by atoms with Crippen molar-refractivity contribution in [3.05, 3.63) is 29.6 Å². The molecule has 0 unspecified atom stereocenters. The summed E-state index contributed by atoms with van der Waals surface area (Å²) >= 11 is 0. The van der Waals surface area contributed by atoms with Crippen LogP contribution in [0.15, 0.2) is 18.3 Å². The fourth-order valence-electron chi connectivity index (χ4n) is 4.04. The van der Waals surface area contributed by atoms with Crippen molar-refractivity contribution < 1.29 is 5.11 Å². The van der Waals surface area contributed by atoms with Gasteiger partial charge in [0.1, 0.15) is 0 Å². The molecule has 3 rings (SSSR count). The molecule has 1 aromatic rings. The average Bonchev–Trinajstić information content (AvgIpc) is 2.50. The molecule has 0 radical (unpaired) electrons. The third-order valence-electron chi connectivity index (χ3n) is 5.45. The van der Waals surface area contributed by atoms with Gasteiger partial charge in [0.15, 0.2) is 0 Å². The highest BCUT2D eigenvalue weighted by Crippen LogP contribution is 2.41. The Labute approximate surface area is 127 Å². The van der Waals surface area contributed by atoms with Crippen LogP contribution < -0.4 is 0 Å². The minimum atomic E-state index is 0.129. The van der Waals surface area contributed by atoms with E-state index in [1.165, 1.54) is 18.4 Å². The van der Waals surface area contributed by atoms with E-state index in [4.69, 9.17) is 0 Å². The van der Waals surface area contributed by atoms with Crippen molar-refractivity contribution in [3.8, 4) is 0 Å². The molecule has 1 N–H and O–H groups in total. The van der Waals surface area contributed by atoms with Crippen molar-refractivity contribution >= 4 is 0 Å². The average molecular weight is 289 g/mol. The van der Waals surface area contributed by atoms with Crippen LogP contribution in [0.4, 0.5) is 0 Å². The molecule has 4 nitrogen and oxygen atoms in total. The van der Waals surface area contributed by atoms with Crippen LogP contribution in [0.3, 0.4) is 0 Å². The Morgan fingerprint density at radius 3 is 2.90 bits per heavy atom. The van der Waals surface area contributed by atoms with E-state index >= 15 is 0 Å². The van der Waals surface area contributed by atoms with Gasteiger partial charge >= 0.3 is 0 Å². The summed E-state index contributed by atoms with van der Waals surface area (Å²) in [5.41, 5.74) is 2.49. The first kappa shape index (κ1) is 14.9. The van der Waals surface area contributed by atoms with Gasteiger partial charge in [0, 0.05) is 30.7 Å². The maximum absolute atomic E-state index is 9.94. The number of aryl methyl sites for hydroxylation is 1. The van der Waals surface area contributed by atoms with Crippen molar-refractivity contribution in [1.82, 2.24) is 14.8 Å². The number of fused-ring (bicyclic) bond motifs is 1. The van der Waals surface area contributed by atoms with E-state index in [-0.39, 0.29) is 5.41 Å². The van der Waals surface area contributed by atoms with Crippen molar-refractivity contribution in [2.45, 2.75) is 38.8 Å². The van der Waals surface area contributed by atoms with Crippen LogP contribution in [-0.2, 0) is 6.54 Å². The summed E-state index contributed by atoms with van der Waals surface area (Å²) < 4.78 is 0. The van der Waals surface area contributed by atoms with Crippen LogP contribution in [0.1, 0.15) is 30.5 Å². The summed E-state index contributed by atoms with van der Waals surface area (Å²) in [5.74, 6) is 0. The molecule has 4 heteroatoms. The van der Waals surface area contributed by atoms with Gasteiger partial charge in [-0.25, -0.2) is 0 Å². The lowest BCUT2D eigenvalue weighted by atomic mass is 9.69. The highest BCUT2D eigenvalue weighted by atomic mass is 16.3. The smallest absolute Gasteiger partial charge is 0.0544 e. The zero-order chi connectivity index (χ0) is 14.9. The molecular weight excluding hydrogens is 262 g/mol. The van der Waals surface area contributed by atoms with Crippen LogP contribution in [0.5, 0.6) is 0 Å². The number of aromatic nitrogens is 1. The van der Waals surface area contributed by atoms with E-state index < -0.39 is 0 Å². The van der Waals surface area contributed by atoms with Gasteiger partial charge < -0.3 is 10.0 Å². The second-order valence-electron chi connectivity index (χ2n) is 6.93. The molecule has 0 aliphatic carbocycles. The quantitative estimate of drug-likeness (QED) is 0.919. The highest BCUT2D eigenvalue weighted by Gasteiger charge is 2.46. The summed E-state index contributed by atoms with van der Waals surface area (Å²) in [5, 5.41) is 9.94. The number of piperidine rings is 2. The summed E-state index contributed by atoms with van der Waals surface area (Å²) in [4.78, 5) is 9.48. The lowest BCUT2D eigenvalue weighted by molar-refractivity contribution is -0.0686. The maximum atomic E-state index is 9.94. The van der Waals surface area contributed by atoms with Crippen molar-refractivity contribution in [1.29, 1.82) is 0 Å². The van der Waals surface area contributed by atoms with E-state index in [0.29, 0.717) is 12.6 Å². The largest absolute Gasteiger partial charge is 0.396 e. The van der Waals surface area contributed by atoms with Gasteiger partial charge in [-0.1, -0.05) is 6.07 Å². The lowest BCUT2D eigenvalue weighted by Crippen LogP contribution is -2.61. The Hall–Kier alpha value is -0.970. The predicted molar refractivity (Wildman–Crippen MR) is 84.0 cm³/mol. The molecule has 0 bridgehead atoms. The number of aliphatic hydroxyl groups excluding tert-OH is 1. The number of rotatable bonds is 3. The van der Waals surface area contributed by atoms with E-state index in [1.807, 2.05) is 6.20 Å². The molecule has 1 aromatic heterocycles. The first-order valence-electron chi connectivity index (χ1n) is 8.08. The van der Waals surface area contributed by atoms with Gasteiger partial charge in [-0.15, -0.1) is 0 Å². The molecule has 2 atom stereocenters. The summed E-state index contributed by atoms with van der Waals surface area (Å²) in [6.45, 7) is 6.60. The molecule has 2 aliphatic rings. The van der Waals surface area contributed by atoms with Gasteiger partial charge in [-0.05, 0) is 58.0 Å². The highest BCUT2D eigenvalue weighted by molar-refractivity contribution is 5.12. The lowest BCUT2D eigenvalue weighted by Gasteiger charge is -2.53. The van der Waals surface area contributed by atoms with E-state index in [1.54, 1.807) is 0 Å². The number of likely N-dealkylation sites (tertiary alicyclic amines) is 2. The van der Waals surface area contributed by atoms with Gasteiger partial charge in [0.25, 0.3) is 0 Å². The zero-order valence-electron chi connectivity index (χ0n) is 13.3. The minimum Gasteiger partial charge on any atom is -0.396 e. The Kier molecular flexibility index (Phi) is 4.29. The fourth-order valence-corrected chi connectivity index (χ4v) is 4.04. The van der Waals surface area contributed by atoms with Crippen molar-refractivity contribution in [2.24, 2.45) is 5.41 Å². The summed E-state index contributed by atoms with van der Waals surface area (Å²) in [6, 6.07) is 4.75. The second-order valence-corrected chi connectivity index (χ2v) is 6.93. The Morgan fingerprint density at radius 2 is 2.19 bits per heavy atom. The van der Waals surface area contributed by atoms with Crippen LogP contribution in [0.25, 0.3) is 0 Å². The van der Waals surface area contributed by atoms with Crippen LogP contribution in [0, 0.1) is 12.3 Å². The molecule has 0 aromatic carbocycles. The Bertz CT molecular complexity index is 475. The summed E-state index contributed by atoms with van der Waals surface area (Å²) in [7, 11) is 2.21. The molecule has 2 saturated heterocycles. The first-order chi connectivity index (χ1) is 10.1. The zero-order valence-corrected chi connectivity index (χ0v) is 13.3. The van der Waals surface area contributed by atoms with Gasteiger partial charge in [0.05, 0.1) is 12.3 Å². The van der Waals surface area contributed by atoms with E-state index in [9.17, 15) is 5.11 Å². The third kappa shape index (κ3) is 2.98. The first-order valence-corrected chi connectivity index (χ1v) is 8.08. The monoisotopic (exact) mass is 289 g/mol. The van der Waals surface area contributed by atoms with Crippen molar-refractivity contribution in [3.63, 3.8) is 0 Å². The number of likely N-dealkylation sites (N-methyl/N-ethyl adjacent to an activating group) is 1. The molecule has 0 amide bonds. The topological polar surface area (TPSA) is 39.6 Å². The van der Waals surface area contributed by atoms with Gasteiger partial charge in [-0.3, -0.25) is 9.88 Å². The van der Waals surface area contributed by atoms with Crippen LogP contribution in [-0.4, -0.2) is 59.2 Å². The number of aliphatic hydroxyl groups is 1. The standard InChI is InChI=1S/C17H27N3O/c1-14-4-5-15(18-10-14)11-20-9-7-17(13-21)6-3-8-19(2)16(17)12-20/h4-5,10,16,21H,3,6-9,11-13H2,1-2H3/t16-,17-/m1/s1. The molecule has 116 valence electrons. The molecule has 0 spiro atoms. The molecular formula is C17H27N3O.